The van der Waals surface area contributed by atoms with Crippen LogP contribution in [0.1, 0.15) is 27.6 Å². The van der Waals surface area contributed by atoms with E-state index in [-0.39, 0.29) is 27.6 Å². The third-order valence-electron chi connectivity index (χ3n) is 1.90. The molecule has 0 aliphatic rings. The van der Waals surface area contributed by atoms with E-state index in [9.17, 15) is 0 Å². The number of hydrogen-bond donors (Lipinski definition) is 0. The first-order chi connectivity index (χ1) is 7.73. The Labute approximate surface area is 91.8 Å². The molecule has 0 aromatic carbocycles. The first-order valence-electron chi connectivity index (χ1n) is 3.95. The van der Waals surface area contributed by atoms with Gasteiger partial charge in [-0.1, -0.05) is 0 Å². The molecular formula is C10BN5. The summed E-state index contributed by atoms with van der Waals surface area (Å²) in [6, 6.07) is 8.47. The molecule has 68 valence electrons. The normalized spacial score (nSPS) is 7.44. The fourth-order valence-electron chi connectivity index (χ4n) is 1.20. The van der Waals surface area contributed by atoms with Crippen LogP contribution >= 0.6 is 0 Å². The summed E-state index contributed by atoms with van der Waals surface area (Å²) >= 11 is 0. The molecule has 0 saturated carbocycles. The van der Waals surface area contributed by atoms with Crippen molar-refractivity contribution >= 4 is 6.91 Å². The molecule has 1 aromatic rings. The van der Waals surface area contributed by atoms with Gasteiger partial charge in [0.1, 0.15) is 0 Å². The Balaban J connectivity index is 3.93. The van der Waals surface area contributed by atoms with E-state index in [2.05, 4.69) is 0 Å². The van der Waals surface area contributed by atoms with Crippen LogP contribution in [0.25, 0.3) is 0 Å². The molecule has 0 unspecified atom stereocenters. The fraction of sp³-hybridized carbons (Fsp3) is 0. The predicted octanol–water partition coefficient (Wildman–Crippen LogP) is 0.383. The van der Waals surface area contributed by atoms with Crippen molar-refractivity contribution in [1.82, 2.24) is 0 Å². The Bertz CT molecular complexity index is 620. The maximum absolute atomic E-state index is 8.83. The molecule has 0 fully saturated rings. The molecule has 16 heavy (non-hydrogen) atoms. The molecule has 0 N–H and O–H groups in total. The number of hydrogen-bond acceptors (Lipinski definition) is 5. The minimum absolute atomic E-state index is 0.0744. The molecule has 0 bridgehead atoms. The van der Waals surface area contributed by atoms with Gasteiger partial charge >= 0.3 is 91.2 Å². The van der Waals surface area contributed by atoms with Crippen LogP contribution in [-0.4, -0.2) is 6.91 Å². The first kappa shape index (κ1) is 10.9. The number of rotatable bonds is 0. The third kappa shape index (κ3) is 1.47. The van der Waals surface area contributed by atoms with Gasteiger partial charge in [0.15, 0.2) is 0 Å². The van der Waals surface area contributed by atoms with Gasteiger partial charge in [0.25, 0.3) is 0 Å². The summed E-state index contributed by atoms with van der Waals surface area (Å²) in [5.41, 5.74) is -0.703. The van der Waals surface area contributed by atoms with Crippen LogP contribution in [0.3, 0.4) is 0 Å². The zero-order valence-corrected chi connectivity index (χ0v) is 7.81. The summed E-state index contributed by atoms with van der Waals surface area (Å²) in [5.74, 6) is 0. The van der Waals surface area contributed by atoms with Gasteiger partial charge in [0, 0.05) is 0 Å². The van der Waals surface area contributed by atoms with Crippen molar-refractivity contribution in [3.8, 4) is 30.3 Å². The van der Waals surface area contributed by atoms with E-state index in [0.717, 1.165) is 6.91 Å². The molecule has 0 aliphatic heterocycles. The van der Waals surface area contributed by atoms with Crippen LogP contribution < -0.4 is 0 Å². The van der Waals surface area contributed by atoms with Crippen molar-refractivity contribution < 1.29 is 0 Å². The molecule has 5 nitrogen and oxygen atoms in total. The average molecular weight is 201 g/mol. The van der Waals surface area contributed by atoms with Crippen molar-refractivity contribution in [2.75, 3.05) is 0 Å². The molecule has 0 spiro atoms. The Morgan fingerprint density at radius 1 is 0.562 bits per heavy atom. The van der Waals surface area contributed by atoms with Crippen LogP contribution in [0, 0.1) is 56.7 Å². The fourth-order valence-corrected chi connectivity index (χ4v) is 1.20. The quantitative estimate of drug-likeness (QED) is 0.600. The summed E-state index contributed by atoms with van der Waals surface area (Å²) in [7, 11) is 0. The van der Waals surface area contributed by atoms with Crippen molar-refractivity contribution in [3.05, 3.63) is 27.6 Å². The van der Waals surface area contributed by atoms with E-state index >= 15 is 0 Å². The summed E-state index contributed by atoms with van der Waals surface area (Å²) in [4.78, 5) is 0. The minimum atomic E-state index is -0.222. The molecule has 6 heteroatoms. The molecule has 1 heterocycles. The zero-order valence-electron chi connectivity index (χ0n) is 7.81. The molecular weight excluding hydrogens is 201 g/mol. The van der Waals surface area contributed by atoms with Gasteiger partial charge in [-0.25, -0.2) is 0 Å². The van der Waals surface area contributed by atoms with Crippen LogP contribution in [0.5, 0.6) is 0 Å². The van der Waals surface area contributed by atoms with Crippen LogP contribution in [-0.2, 0) is 0 Å². The SMILES string of the molecule is N#Cc1bc(C#N)c(C#N)c(C#N)c1C#N. The van der Waals surface area contributed by atoms with Gasteiger partial charge in [-0.15, -0.1) is 0 Å². The third-order valence-corrected chi connectivity index (χ3v) is 1.90. The molecule has 0 atom stereocenters. The van der Waals surface area contributed by atoms with Crippen molar-refractivity contribution in [3.63, 3.8) is 0 Å². The molecule has 1 rings (SSSR count). The summed E-state index contributed by atoms with van der Waals surface area (Å²) in [5, 5.41) is 43.9. The van der Waals surface area contributed by atoms with E-state index in [1.54, 1.807) is 30.3 Å². The molecule has 0 radical (unpaired) electrons. The van der Waals surface area contributed by atoms with Crippen molar-refractivity contribution in [2.45, 2.75) is 0 Å². The topological polar surface area (TPSA) is 119 Å². The summed E-state index contributed by atoms with van der Waals surface area (Å²) in [6.45, 7) is 1.14. The second-order valence-electron chi connectivity index (χ2n) is 2.66. The van der Waals surface area contributed by atoms with Gasteiger partial charge in [-0.2, -0.15) is 0 Å². The monoisotopic (exact) mass is 201 g/mol. The van der Waals surface area contributed by atoms with Crippen LogP contribution in [0.15, 0.2) is 0 Å². The van der Waals surface area contributed by atoms with Crippen molar-refractivity contribution in [2.24, 2.45) is 0 Å². The van der Waals surface area contributed by atoms with E-state index in [0.29, 0.717) is 0 Å². The van der Waals surface area contributed by atoms with Gasteiger partial charge in [0.2, 0.25) is 0 Å². The van der Waals surface area contributed by atoms with E-state index in [1.165, 1.54) is 0 Å². The average Bonchev–Trinajstić information content (AvgIpc) is 2.35. The van der Waals surface area contributed by atoms with Crippen LogP contribution in [0.2, 0.25) is 0 Å². The van der Waals surface area contributed by atoms with E-state index in [4.69, 9.17) is 26.3 Å². The second kappa shape index (κ2) is 4.39. The first-order valence-corrected chi connectivity index (χ1v) is 3.95. The van der Waals surface area contributed by atoms with Gasteiger partial charge in [-0.05, 0) is 0 Å². The Hall–Kier alpha value is -3.14. The summed E-state index contributed by atoms with van der Waals surface area (Å²) < 4.78 is 0. The van der Waals surface area contributed by atoms with Gasteiger partial charge < -0.3 is 0 Å². The Morgan fingerprint density at radius 3 is 1.19 bits per heavy atom. The van der Waals surface area contributed by atoms with Crippen molar-refractivity contribution in [1.29, 1.82) is 26.3 Å². The standard InChI is InChI=1S/C10BN5/c12-1-6-7(2-13)9(4-15)11-10(5-16)8(6)3-14. The van der Waals surface area contributed by atoms with Gasteiger partial charge in [0.05, 0.1) is 0 Å². The van der Waals surface area contributed by atoms with E-state index in [1.807, 2.05) is 0 Å². The molecule has 0 saturated heterocycles. The summed E-state index contributed by atoms with van der Waals surface area (Å²) in [6.07, 6.45) is 0. The predicted molar refractivity (Wildman–Crippen MR) is 51.4 cm³/mol. The van der Waals surface area contributed by atoms with Crippen LogP contribution in [0.4, 0.5) is 0 Å². The molecule has 0 amide bonds. The Kier molecular flexibility index (Phi) is 3.00. The maximum atomic E-state index is 8.83. The van der Waals surface area contributed by atoms with E-state index < -0.39 is 0 Å². The second-order valence-corrected chi connectivity index (χ2v) is 2.66. The molecule has 0 aliphatic carbocycles. The number of nitriles is 5. The molecule has 1 aromatic heterocycles. The zero-order chi connectivity index (χ0) is 12.1. The van der Waals surface area contributed by atoms with Gasteiger partial charge in [-0.3, -0.25) is 0 Å². The Morgan fingerprint density at radius 2 is 0.938 bits per heavy atom. The number of nitrogens with zero attached hydrogens (tertiary/aromatic N) is 5.